The molecule has 0 amide bonds. The zero-order valence-corrected chi connectivity index (χ0v) is 15.5. The maximum atomic E-state index is 13.5. The predicted molar refractivity (Wildman–Crippen MR) is 107 cm³/mol. The van der Waals surface area contributed by atoms with E-state index in [9.17, 15) is 9.50 Å². The molecule has 0 saturated carbocycles. The minimum atomic E-state index is -0.351. The molecule has 0 aliphatic heterocycles. The third kappa shape index (κ3) is 3.59. The van der Waals surface area contributed by atoms with Gasteiger partial charge in [-0.2, -0.15) is 0 Å². The lowest BCUT2D eigenvalue weighted by molar-refractivity contribution is 0.475. The number of halogens is 2. The monoisotopic (exact) mass is 395 g/mol. The summed E-state index contributed by atoms with van der Waals surface area (Å²) in [6, 6.07) is 12.7. The normalized spacial score (nSPS) is 10.2. The van der Waals surface area contributed by atoms with Gasteiger partial charge in [-0.1, -0.05) is 24.1 Å². The molecule has 0 aliphatic carbocycles. The van der Waals surface area contributed by atoms with E-state index in [4.69, 9.17) is 5.73 Å². The summed E-state index contributed by atoms with van der Waals surface area (Å²) in [7, 11) is 1.77. The smallest absolute Gasteiger partial charge is 0.209 e. The highest BCUT2D eigenvalue weighted by Gasteiger charge is 2.15. The topological polar surface area (TPSA) is 89.9 Å². The van der Waals surface area contributed by atoms with E-state index in [1.165, 1.54) is 12.1 Å². The number of aryl methyl sites for hydroxylation is 1. The van der Waals surface area contributed by atoms with Crippen LogP contribution in [0.15, 0.2) is 48.5 Å². The van der Waals surface area contributed by atoms with Gasteiger partial charge in [0.2, 0.25) is 5.82 Å². The summed E-state index contributed by atoms with van der Waals surface area (Å²) in [6.07, 6.45) is 0. The fourth-order valence-electron chi connectivity index (χ4n) is 2.74. The molecule has 2 aromatic heterocycles. The maximum Gasteiger partial charge on any atom is 0.209 e. The van der Waals surface area contributed by atoms with Crippen molar-refractivity contribution in [2.24, 2.45) is 7.05 Å². The number of aromatic nitrogens is 4. The van der Waals surface area contributed by atoms with Crippen molar-refractivity contribution in [1.29, 1.82) is 0 Å². The molecule has 28 heavy (non-hydrogen) atoms. The maximum absolute atomic E-state index is 13.5. The lowest BCUT2D eigenvalue weighted by Crippen LogP contribution is -2.00. The first kappa shape index (κ1) is 19.1. The van der Waals surface area contributed by atoms with Gasteiger partial charge >= 0.3 is 0 Å². The van der Waals surface area contributed by atoms with Gasteiger partial charge in [-0.25, -0.2) is 19.3 Å². The van der Waals surface area contributed by atoms with E-state index < -0.39 is 0 Å². The SMILES string of the molecule is Cl.Cn1c(-c2cccc(F)c2)nc2c(N)nc(C#Cc3cccc(O)c3)nc21. The van der Waals surface area contributed by atoms with E-state index in [-0.39, 0.29) is 35.6 Å². The number of rotatable bonds is 1. The van der Waals surface area contributed by atoms with Crippen LogP contribution < -0.4 is 5.73 Å². The number of imidazole rings is 1. The van der Waals surface area contributed by atoms with Gasteiger partial charge in [0.25, 0.3) is 0 Å². The van der Waals surface area contributed by atoms with Crippen LogP contribution >= 0.6 is 12.4 Å². The first-order chi connectivity index (χ1) is 13.0. The van der Waals surface area contributed by atoms with Gasteiger partial charge in [0.15, 0.2) is 17.0 Å². The lowest BCUT2D eigenvalue weighted by Gasteiger charge is -2.02. The summed E-state index contributed by atoms with van der Waals surface area (Å²) in [4.78, 5) is 13.1. The van der Waals surface area contributed by atoms with E-state index >= 15 is 0 Å². The Morgan fingerprint density at radius 3 is 2.57 bits per heavy atom. The van der Waals surface area contributed by atoms with Gasteiger partial charge in [0, 0.05) is 18.2 Å². The molecule has 0 unspecified atom stereocenters. The van der Waals surface area contributed by atoms with Crippen LogP contribution in [0.4, 0.5) is 10.2 Å². The Hall–Kier alpha value is -3.63. The van der Waals surface area contributed by atoms with Crippen molar-refractivity contribution in [2.45, 2.75) is 0 Å². The quantitative estimate of drug-likeness (QED) is 0.483. The van der Waals surface area contributed by atoms with Crippen molar-refractivity contribution in [3.63, 3.8) is 0 Å². The molecule has 2 heterocycles. The Labute approximate surface area is 166 Å². The van der Waals surface area contributed by atoms with Gasteiger partial charge in [0.1, 0.15) is 17.4 Å². The number of nitrogens with zero attached hydrogens (tertiary/aromatic N) is 4. The Kier molecular flexibility index (Phi) is 5.16. The molecule has 0 bridgehead atoms. The molecule has 0 aliphatic rings. The standard InChI is InChI=1S/C20H14FN5O.ClH/c1-26-19(13-5-3-6-14(21)11-13)25-17-18(22)23-16(24-20(17)26)9-8-12-4-2-7-15(27)10-12;/h2-7,10-11,27H,1H3,(H2,22,23,24);1H. The number of aromatic hydroxyl groups is 1. The van der Waals surface area contributed by atoms with Crippen LogP contribution in [-0.4, -0.2) is 24.6 Å². The number of nitrogen functional groups attached to an aromatic ring is 1. The van der Waals surface area contributed by atoms with Crippen molar-refractivity contribution < 1.29 is 9.50 Å². The van der Waals surface area contributed by atoms with Crippen molar-refractivity contribution in [3.8, 4) is 29.0 Å². The van der Waals surface area contributed by atoms with Crippen LogP contribution in [0.25, 0.3) is 22.6 Å². The van der Waals surface area contributed by atoms with Gasteiger partial charge in [0.05, 0.1) is 0 Å². The van der Waals surface area contributed by atoms with Crippen LogP contribution in [0.3, 0.4) is 0 Å². The molecule has 6 nitrogen and oxygen atoms in total. The zero-order valence-electron chi connectivity index (χ0n) is 14.7. The Morgan fingerprint density at radius 2 is 1.82 bits per heavy atom. The van der Waals surface area contributed by atoms with Gasteiger partial charge in [-0.3, -0.25) is 0 Å². The molecule has 0 radical (unpaired) electrons. The first-order valence-corrected chi connectivity index (χ1v) is 8.08. The molecule has 0 saturated heterocycles. The number of anilines is 1. The largest absolute Gasteiger partial charge is 0.508 e. The minimum absolute atomic E-state index is 0. The number of phenols is 1. The number of hydrogen-bond donors (Lipinski definition) is 2. The van der Waals surface area contributed by atoms with Crippen molar-refractivity contribution in [1.82, 2.24) is 19.5 Å². The molecule has 0 spiro atoms. The molecule has 0 fully saturated rings. The van der Waals surface area contributed by atoms with Crippen LogP contribution in [0.5, 0.6) is 5.75 Å². The molecule has 8 heteroatoms. The van der Waals surface area contributed by atoms with E-state index in [1.54, 1.807) is 48.0 Å². The third-order valence-corrected chi connectivity index (χ3v) is 3.99. The molecule has 140 valence electrons. The van der Waals surface area contributed by atoms with Crippen LogP contribution in [0.1, 0.15) is 11.4 Å². The summed E-state index contributed by atoms with van der Waals surface area (Å²) < 4.78 is 15.3. The van der Waals surface area contributed by atoms with Crippen molar-refractivity contribution in [3.05, 3.63) is 65.7 Å². The van der Waals surface area contributed by atoms with Gasteiger partial charge in [-0.05, 0) is 36.3 Å². The second-order valence-corrected chi connectivity index (χ2v) is 5.91. The molecule has 4 rings (SSSR count). The summed E-state index contributed by atoms with van der Waals surface area (Å²) in [5, 5.41) is 9.51. The first-order valence-electron chi connectivity index (χ1n) is 8.08. The van der Waals surface area contributed by atoms with E-state index in [0.29, 0.717) is 28.1 Å². The molecule has 3 N–H and O–H groups in total. The Bertz CT molecular complexity index is 1240. The molecule has 2 aromatic carbocycles. The average Bonchev–Trinajstić information content (AvgIpc) is 2.98. The second-order valence-electron chi connectivity index (χ2n) is 5.91. The number of fused-ring (bicyclic) bond motifs is 1. The predicted octanol–water partition coefficient (Wildman–Crippen LogP) is 3.28. The number of phenolic OH excluding ortho intramolecular Hbond substituents is 1. The van der Waals surface area contributed by atoms with E-state index in [1.807, 2.05) is 0 Å². The minimum Gasteiger partial charge on any atom is -0.508 e. The number of nitrogens with two attached hydrogens (primary N) is 1. The number of hydrogen-bond acceptors (Lipinski definition) is 5. The molecular weight excluding hydrogens is 381 g/mol. The zero-order chi connectivity index (χ0) is 19.0. The van der Waals surface area contributed by atoms with E-state index in [2.05, 4.69) is 26.8 Å². The second kappa shape index (κ2) is 7.55. The highest BCUT2D eigenvalue weighted by Crippen LogP contribution is 2.25. The fraction of sp³-hybridized carbons (Fsp3) is 0.0500. The third-order valence-electron chi connectivity index (χ3n) is 3.99. The molecular formula is C20H15ClFN5O. The molecule has 0 atom stereocenters. The van der Waals surface area contributed by atoms with Crippen molar-refractivity contribution in [2.75, 3.05) is 5.73 Å². The van der Waals surface area contributed by atoms with Gasteiger partial charge < -0.3 is 15.4 Å². The van der Waals surface area contributed by atoms with Crippen molar-refractivity contribution >= 4 is 29.4 Å². The van der Waals surface area contributed by atoms with Crippen LogP contribution in [-0.2, 0) is 7.05 Å². The lowest BCUT2D eigenvalue weighted by atomic mass is 10.2. The Balaban J connectivity index is 0.00000225. The van der Waals surface area contributed by atoms with E-state index in [0.717, 1.165) is 0 Å². The highest BCUT2D eigenvalue weighted by atomic mass is 35.5. The fourth-order valence-corrected chi connectivity index (χ4v) is 2.74. The summed E-state index contributed by atoms with van der Waals surface area (Å²) in [6.45, 7) is 0. The van der Waals surface area contributed by atoms with Crippen LogP contribution in [0.2, 0.25) is 0 Å². The Morgan fingerprint density at radius 1 is 1.04 bits per heavy atom. The summed E-state index contributed by atoms with van der Waals surface area (Å²) >= 11 is 0. The summed E-state index contributed by atoms with van der Waals surface area (Å²) in [5.74, 6) is 6.47. The van der Waals surface area contributed by atoms with Crippen LogP contribution in [0, 0.1) is 17.7 Å². The summed E-state index contributed by atoms with van der Waals surface area (Å²) in [5.41, 5.74) is 8.20. The highest BCUT2D eigenvalue weighted by molar-refractivity contribution is 5.86. The number of benzene rings is 2. The molecule has 4 aromatic rings. The average molecular weight is 396 g/mol. The van der Waals surface area contributed by atoms with Gasteiger partial charge in [-0.15, -0.1) is 12.4 Å².